The minimum atomic E-state index is -0.0904. The molecular weight excluding hydrogens is 520 g/mol. The van der Waals surface area contributed by atoms with Gasteiger partial charge in [-0.15, -0.1) is 0 Å². The van der Waals surface area contributed by atoms with Crippen LogP contribution in [0.25, 0.3) is 5.57 Å². The maximum Gasteiger partial charge on any atom is 0.251 e. The fraction of sp³-hybridized carbons (Fsp3) is 0.429. The number of aliphatic imine (C=N–C) groups is 1. The van der Waals surface area contributed by atoms with E-state index in [1.165, 1.54) is 56.9 Å². The van der Waals surface area contributed by atoms with E-state index in [0.717, 1.165) is 42.5 Å². The Labute approximate surface area is 250 Å². The van der Waals surface area contributed by atoms with Gasteiger partial charge in [-0.25, -0.2) is 4.98 Å². The molecule has 1 heterocycles. The van der Waals surface area contributed by atoms with E-state index in [1.807, 2.05) is 38.1 Å². The topological polar surface area (TPSA) is 105 Å². The molecule has 7 nitrogen and oxygen atoms in total. The van der Waals surface area contributed by atoms with Crippen molar-refractivity contribution in [3.8, 4) is 11.8 Å². The van der Waals surface area contributed by atoms with Crippen molar-refractivity contribution in [3.05, 3.63) is 71.1 Å². The lowest BCUT2D eigenvalue weighted by atomic mass is 9.95. The Balaban J connectivity index is 0.000000600. The Bertz CT molecular complexity index is 1370. The molecule has 4 N–H and O–H groups in total. The average Bonchev–Trinajstić information content (AvgIpc) is 3.85. The first-order valence-corrected chi connectivity index (χ1v) is 15.4. The first kappa shape index (κ1) is 30.8. The number of hydrogen-bond donors (Lipinski definition) is 3. The van der Waals surface area contributed by atoms with Crippen LogP contribution in [0.2, 0.25) is 0 Å². The number of allylic oxidation sites excluding steroid dienone is 4. The fourth-order valence-electron chi connectivity index (χ4n) is 4.92. The fourth-order valence-corrected chi connectivity index (χ4v) is 4.92. The SMILES string of the molecule is C1CCCCC1.CC=N/C(C#Cc1ccc(Nc2ncc(C3=CCCCC3)c(N)n2)cc1)=C\C(=C/C)C(=O)NC1CC1. The maximum atomic E-state index is 12.4. The molecular formula is C35H44N6O. The Hall–Kier alpha value is -4.18. The van der Waals surface area contributed by atoms with E-state index in [1.54, 1.807) is 24.6 Å². The monoisotopic (exact) mass is 564 g/mol. The van der Waals surface area contributed by atoms with Crippen molar-refractivity contribution >= 4 is 35.1 Å². The van der Waals surface area contributed by atoms with Crippen molar-refractivity contribution < 1.29 is 4.79 Å². The number of hydrogen-bond acceptors (Lipinski definition) is 6. The highest BCUT2D eigenvalue weighted by molar-refractivity contribution is 5.96. The number of nitrogen functional groups attached to an aromatic ring is 1. The Morgan fingerprint density at radius 2 is 1.74 bits per heavy atom. The van der Waals surface area contributed by atoms with Gasteiger partial charge in [0, 0.05) is 40.8 Å². The van der Waals surface area contributed by atoms with Crippen LogP contribution in [0.15, 0.2) is 65.0 Å². The molecule has 1 amide bonds. The van der Waals surface area contributed by atoms with Crippen LogP contribution < -0.4 is 16.4 Å². The van der Waals surface area contributed by atoms with Gasteiger partial charge in [-0.3, -0.25) is 9.79 Å². The van der Waals surface area contributed by atoms with Crippen molar-refractivity contribution in [3.63, 3.8) is 0 Å². The number of nitrogens with two attached hydrogens (primary N) is 1. The van der Waals surface area contributed by atoms with Crippen molar-refractivity contribution in [2.45, 2.75) is 96.9 Å². The molecule has 0 radical (unpaired) electrons. The van der Waals surface area contributed by atoms with Gasteiger partial charge in [-0.1, -0.05) is 56.6 Å². The molecule has 2 aromatic rings. The summed E-state index contributed by atoms with van der Waals surface area (Å²) in [6, 6.07) is 7.93. The van der Waals surface area contributed by atoms with Crippen molar-refractivity contribution in [2.75, 3.05) is 11.1 Å². The van der Waals surface area contributed by atoms with Crippen LogP contribution in [-0.2, 0) is 4.79 Å². The number of nitrogens with zero attached hydrogens (tertiary/aromatic N) is 3. The molecule has 3 aliphatic rings. The summed E-state index contributed by atoms with van der Waals surface area (Å²) >= 11 is 0. The second-order valence-electron chi connectivity index (χ2n) is 10.9. The molecule has 220 valence electrons. The van der Waals surface area contributed by atoms with Gasteiger partial charge >= 0.3 is 0 Å². The quantitative estimate of drug-likeness (QED) is 0.139. The summed E-state index contributed by atoms with van der Waals surface area (Å²) in [6.45, 7) is 3.66. The highest BCUT2D eigenvalue weighted by atomic mass is 16.1. The van der Waals surface area contributed by atoms with Crippen molar-refractivity contribution in [2.24, 2.45) is 4.99 Å². The number of benzene rings is 1. The van der Waals surface area contributed by atoms with Crippen LogP contribution in [0.1, 0.15) is 102 Å². The highest BCUT2D eigenvalue weighted by Crippen LogP contribution is 2.29. The van der Waals surface area contributed by atoms with E-state index in [2.05, 4.69) is 43.5 Å². The summed E-state index contributed by atoms with van der Waals surface area (Å²) in [7, 11) is 0. The molecule has 0 spiro atoms. The molecule has 0 unspecified atom stereocenters. The molecule has 2 fully saturated rings. The molecule has 1 aromatic carbocycles. The molecule has 2 saturated carbocycles. The standard InChI is InChI=1S/C29H32N6O.C6H12/c1-3-21(28(36)33-23-16-17-23)18-25(31-4-2)15-12-20-10-13-24(14-11-20)34-29-32-19-26(27(30)35-29)22-8-6-5-7-9-22;1-2-4-6-5-3-1/h3-4,8,10-11,13-14,18-19,23H,5-7,9,16-17H2,1-2H3,(H,33,36)(H3,30,32,34,35);1-6H2/b21-3+,25-18-,31-4?;. The number of aromatic nitrogens is 2. The van der Waals surface area contributed by atoms with Gasteiger partial charge in [0.1, 0.15) is 11.5 Å². The maximum absolute atomic E-state index is 12.4. The number of rotatable bonds is 7. The van der Waals surface area contributed by atoms with Gasteiger partial charge in [-0.2, -0.15) is 4.98 Å². The molecule has 5 rings (SSSR count). The second-order valence-corrected chi connectivity index (χ2v) is 10.9. The molecule has 0 bridgehead atoms. The van der Waals surface area contributed by atoms with Gasteiger partial charge in [0.05, 0.1) is 0 Å². The number of nitrogens with one attached hydrogen (secondary N) is 2. The third kappa shape index (κ3) is 10.0. The summed E-state index contributed by atoms with van der Waals surface area (Å²) < 4.78 is 0. The zero-order valence-electron chi connectivity index (χ0n) is 25.1. The third-order valence-corrected chi connectivity index (χ3v) is 7.48. The largest absolute Gasteiger partial charge is 0.383 e. The van der Waals surface area contributed by atoms with E-state index < -0.39 is 0 Å². The average molecular weight is 565 g/mol. The number of carbonyl (C=O) groups is 1. The van der Waals surface area contributed by atoms with Gasteiger partial charge in [0.15, 0.2) is 0 Å². The molecule has 0 atom stereocenters. The lowest BCUT2D eigenvalue weighted by molar-refractivity contribution is -0.117. The predicted octanol–water partition coefficient (Wildman–Crippen LogP) is 7.65. The first-order valence-electron chi connectivity index (χ1n) is 15.4. The van der Waals surface area contributed by atoms with Crippen molar-refractivity contribution in [1.29, 1.82) is 0 Å². The van der Waals surface area contributed by atoms with E-state index in [4.69, 9.17) is 5.73 Å². The summed E-state index contributed by atoms with van der Waals surface area (Å²) in [5.74, 6) is 7.04. The second kappa shape index (κ2) is 16.3. The molecule has 0 saturated heterocycles. The molecule has 42 heavy (non-hydrogen) atoms. The van der Waals surface area contributed by atoms with Crippen LogP contribution in [0.4, 0.5) is 17.5 Å². The van der Waals surface area contributed by atoms with E-state index in [0.29, 0.717) is 29.1 Å². The van der Waals surface area contributed by atoms with Crippen LogP contribution in [-0.4, -0.2) is 28.1 Å². The lowest BCUT2D eigenvalue weighted by Crippen LogP contribution is -2.26. The first-order chi connectivity index (χ1) is 20.6. The Morgan fingerprint density at radius 1 is 1.02 bits per heavy atom. The zero-order valence-corrected chi connectivity index (χ0v) is 25.1. The highest BCUT2D eigenvalue weighted by Gasteiger charge is 2.24. The van der Waals surface area contributed by atoms with E-state index in [9.17, 15) is 4.79 Å². The summed E-state index contributed by atoms with van der Waals surface area (Å²) in [6.07, 6.45) is 24.8. The summed E-state index contributed by atoms with van der Waals surface area (Å²) in [5, 5.41) is 6.19. The third-order valence-electron chi connectivity index (χ3n) is 7.48. The van der Waals surface area contributed by atoms with E-state index >= 15 is 0 Å². The molecule has 1 aromatic heterocycles. The Morgan fingerprint density at radius 3 is 2.31 bits per heavy atom. The van der Waals surface area contributed by atoms with Gasteiger partial charge in [-0.05, 0) is 94.2 Å². The lowest BCUT2D eigenvalue weighted by Gasteiger charge is -2.14. The minimum Gasteiger partial charge on any atom is -0.383 e. The van der Waals surface area contributed by atoms with Crippen LogP contribution in [0, 0.1) is 11.8 Å². The minimum absolute atomic E-state index is 0.0904. The molecule has 3 aliphatic carbocycles. The van der Waals surface area contributed by atoms with Crippen molar-refractivity contribution in [1.82, 2.24) is 15.3 Å². The molecule has 0 aliphatic heterocycles. The van der Waals surface area contributed by atoms with E-state index in [-0.39, 0.29) is 5.91 Å². The molecule has 7 heteroatoms. The normalized spacial score (nSPS) is 17.3. The predicted molar refractivity (Wildman–Crippen MR) is 174 cm³/mol. The Kier molecular flexibility index (Phi) is 11.9. The summed E-state index contributed by atoms with van der Waals surface area (Å²) in [5.41, 5.74) is 11.1. The zero-order chi connectivity index (χ0) is 29.6. The van der Waals surface area contributed by atoms with Gasteiger partial charge < -0.3 is 16.4 Å². The number of carbonyl (C=O) groups excluding carboxylic acids is 1. The number of anilines is 3. The van der Waals surface area contributed by atoms with Gasteiger partial charge in [0.25, 0.3) is 5.91 Å². The number of amides is 1. The van der Waals surface area contributed by atoms with Crippen LogP contribution in [0.5, 0.6) is 0 Å². The van der Waals surface area contributed by atoms with Gasteiger partial charge in [0.2, 0.25) is 5.95 Å². The smallest absolute Gasteiger partial charge is 0.251 e. The summed E-state index contributed by atoms with van der Waals surface area (Å²) in [4.78, 5) is 25.6. The van der Waals surface area contributed by atoms with Crippen LogP contribution >= 0.6 is 0 Å². The van der Waals surface area contributed by atoms with Crippen LogP contribution in [0.3, 0.4) is 0 Å².